The molecule has 8 bridgehead atoms. The van der Waals surface area contributed by atoms with Gasteiger partial charge in [0.1, 0.15) is 0 Å². The van der Waals surface area contributed by atoms with E-state index < -0.39 is 0 Å². The first kappa shape index (κ1) is 26.4. The number of carbonyl (C=O) groups excluding carboxylic acids is 1. The van der Waals surface area contributed by atoms with Gasteiger partial charge in [0.25, 0.3) is 0 Å². The van der Waals surface area contributed by atoms with Crippen molar-refractivity contribution < 1.29 is 9.53 Å². The molecule has 5 heterocycles. The van der Waals surface area contributed by atoms with Crippen LogP contribution in [0, 0.1) is 11.2 Å². The Labute approximate surface area is 248 Å². The molecule has 0 spiro atoms. The smallest absolute Gasteiger partial charge is 0.337 e. The van der Waals surface area contributed by atoms with Crippen LogP contribution in [-0.2, 0) is 16.6 Å². The number of aromatic nitrogens is 4. The number of nitrogens with zero attached hydrogens (tertiary/aromatic N) is 2. The maximum Gasteiger partial charge on any atom is 0.337 e. The van der Waals surface area contributed by atoms with E-state index in [-0.39, 0.29) is 11.4 Å². The van der Waals surface area contributed by atoms with Gasteiger partial charge in [-0.05, 0) is 80.4 Å². The summed E-state index contributed by atoms with van der Waals surface area (Å²) in [6, 6.07) is 19.9. The molecule has 0 atom stereocenters. The second-order valence-electron chi connectivity index (χ2n) is 10.4. The molecule has 0 saturated heterocycles. The summed E-state index contributed by atoms with van der Waals surface area (Å²) in [6.07, 6.45) is 4.86. The number of esters is 1. The molecule has 0 aliphatic carbocycles. The molecule has 0 fully saturated rings. The van der Waals surface area contributed by atoms with Crippen molar-refractivity contribution in [3.05, 3.63) is 94.6 Å². The molecule has 3 aromatic heterocycles. The topological polar surface area (TPSA) is 83.7 Å². The van der Waals surface area contributed by atoms with Gasteiger partial charge < -0.3 is 14.7 Å². The minimum absolute atomic E-state index is 0.116. The van der Waals surface area contributed by atoms with Gasteiger partial charge >= 0.3 is 5.97 Å². The number of benzene rings is 1. The van der Waals surface area contributed by atoms with Crippen molar-refractivity contribution in [1.29, 1.82) is 0 Å². The van der Waals surface area contributed by atoms with Gasteiger partial charge in [-0.15, -0.1) is 0 Å². The minimum Gasteiger partial charge on any atom is -0.465 e. The number of rotatable bonds is 2. The molecule has 198 valence electrons. The van der Waals surface area contributed by atoms with Crippen LogP contribution in [0.15, 0.2) is 60.7 Å². The molecule has 6 nitrogen and oxygen atoms in total. The monoisotopic (exact) mass is 656 g/mol. The Balaban J connectivity index is 1.70. The van der Waals surface area contributed by atoms with Crippen LogP contribution in [0.1, 0.15) is 52.5 Å². The number of fused-ring (bicyclic) bond motifs is 8. The van der Waals surface area contributed by atoms with E-state index in [0.29, 0.717) is 5.56 Å². The molecule has 40 heavy (non-hydrogen) atoms. The normalized spacial score (nSPS) is 13.5. The molecule has 2 aliphatic heterocycles. The van der Waals surface area contributed by atoms with E-state index in [4.69, 9.17) is 14.7 Å². The third-order valence-electron chi connectivity index (χ3n) is 7.08. The van der Waals surface area contributed by atoms with E-state index in [9.17, 15) is 4.79 Å². The van der Waals surface area contributed by atoms with Gasteiger partial charge in [-0.25, -0.2) is 9.78 Å². The molecular formula is C32H25IN4O2S. The van der Waals surface area contributed by atoms with Gasteiger partial charge in [0.05, 0.1) is 35.1 Å². The fourth-order valence-electron chi connectivity index (χ4n) is 5.11. The number of aromatic amines is 2. The Morgan fingerprint density at radius 2 is 1.73 bits per heavy atom. The van der Waals surface area contributed by atoms with Gasteiger partial charge in [0.2, 0.25) is 0 Å². The van der Waals surface area contributed by atoms with Gasteiger partial charge in [-0.2, -0.15) is 0 Å². The van der Waals surface area contributed by atoms with E-state index >= 15 is 0 Å². The lowest BCUT2D eigenvalue weighted by Gasteiger charge is -2.15. The Kier molecular flexibility index (Phi) is 7.02. The van der Waals surface area contributed by atoms with Gasteiger partial charge in [0, 0.05) is 66.5 Å². The summed E-state index contributed by atoms with van der Waals surface area (Å²) in [5.41, 5.74) is 10.6. The standard InChI is InChI=1S/C32H25IN4O2S/c1-32(2)18-25-16-27-21(12-13-40-33)14-28(37-27)30(19-4-6-20(7-5-19)31(38)39-3)26-11-10-23(35-26)15-22-8-9-24(34-22)17-29(32)36-25/h4-11,14-17,35,37H,18H2,1-3H3. The highest BCUT2D eigenvalue weighted by atomic mass is 127. The predicted octanol–water partition coefficient (Wildman–Crippen LogP) is 7.85. The molecule has 1 aromatic carbocycles. The number of H-pyrrole nitrogens is 2. The third-order valence-corrected chi connectivity index (χ3v) is 7.92. The van der Waals surface area contributed by atoms with Crippen molar-refractivity contribution >= 4 is 70.3 Å². The number of nitrogens with one attached hydrogen (secondary N) is 2. The summed E-state index contributed by atoms with van der Waals surface area (Å²) in [6.45, 7) is 4.43. The van der Waals surface area contributed by atoms with Crippen LogP contribution in [-0.4, -0.2) is 33.0 Å². The zero-order valence-electron chi connectivity index (χ0n) is 22.1. The number of ether oxygens (including phenoxy) is 1. The molecular weight excluding hydrogens is 631 g/mol. The lowest BCUT2D eigenvalue weighted by molar-refractivity contribution is 0.0600. The van der Waals surface area contributed by atoms with Crippen LogP contribution in [0.25, 0.3) is 45.3 Å². The van der Waals surface area contributed by atoms with Crippen molar-refractivity contribution in [1.82, 2.24) is 19.9 Å². The van der Waals surface area contributed by atoms with E-state index in [1.165, 1.54) is 16.0 Å². The van der Waals surface area contributed by atoms with E-state index in [0.717, 1.165) is 68.0 Å². The number of hydrogen-bond acceptors (Lipinski definition) is 5. The molecule has 0 saturated carbocycles. The summed E-state index contributed by atoms with van der Waals surface area (Å²) >= 11 is 2.19. The Hall–Kier alpha value is -3.81. The van der Waals surface area contributed by atoms with Crippen LogP contribution in [0.5, 0.6) is 0 Å². The van der Waals surface area contributed by atoms with Gasteiger partial charge in [-0.3, -0.25) is 4.98 Å². The van der Waals surface area contributed by atoms with E-state index in [1.807, 2.05) is 36.4 Å². The second kappa shape index (κ2) is 10.6. The molecule has 2 aliphatic rings. The van der Waals surface area contributed by atoms with Crippen molar-refractivity contribution in [2.75, 3.05) is 7.11 Å². The molecule has 8 heteroatoms. The first-order chi connectivity index (χ1) is 19.3. The zero-order chi connectivity index (χ0) is 27.9. The predicted molar refractivity (Wildman–Crippen MR) is 172 cm³/mol. The highest BCUT2D eigenvalue weighted by molar-refractivity contribution is 14.2. The lowest BCUT2D eigenvalue weighted by Crippen LogP contribution is -2.15. The molecule has 0 amide bonds. The van der Waals surface area contributed by atoms with Crippen molar-refractivity contribution in [3.8, 4) is 22.3 Å². The van der Waals surface area contributed by atoms with Crippen molar-refractivity contribution in [3.63, 3.8) is 0 Å². The quantitative estimate of drug-likeness (QED) is 0.115. The maximum absolute atomic E-state index is 12.1. The Morgan fingerprint density at radius 3 is 2.48 bits per heavy atom. The van der Waals surface area contributed by atoms with Crippen molar-refractivity contribution in [2.24, 2.45) is 0 Å². The number of methoxy groups -OCH3 is 1. The minimum atomic E-state index is -0.368. The van der Waals surface area contributed by atoms with Crippen LogP contribution >= 0.6 is 30.1 Å². The average molecular weight is 657 g/mol. The summed E-state index contributed by atoms with van der Waals surface area (Å²) in [7, 11) is 2.84. The highest BCUT2D eigenvalue weighted by Gasteiger charge is 2.28. The third kappa shape index (κ3) is 5.19. The van der Waals surface area contributed by atoms with Gasteiger partial charge in [0.15, 0.2) is 0 Å². The van der Waals surface area contributed by atoms with Crippen LogP contribution in [0.4, 0.5) is 0 Å². The Morgan fingerprint density at radius 1 is 0.950 bits per heavy atom. The van der Waals surface area contributed by atoms with Crippen LogP contribution in [0.2, 0.25) is 0 Å². The summed E-state index contributed by atoms with van der Waals surface area (Å²) in [4.78, 5) is 29.1. The van der Waals surface area contributed by atoms with E-state index in [1.54, 1.807) is 12.1 Å². The number of halogens is 1. The van der Waals surface area contributed by atoms with E-state index in [2.05, 4.69) is 80.5 Å². The fraction of sp³-hybridized carbons (Fsp3) is 0.156. The molecule has 0 unspecified atom stereocenters. The highest BCUT2D eigenvalue weighted by Crippen LogP contribution is 2.33. The molecule has 0 radical (unpaired) electrons. The number of carbonyl (C=O) groups is 1. The lowest BCUT2D eigenvalue weighted by atomic mass is 9.87. The second-order valence-corrected chi connectivity index (χ2v) is 12.0. The summed E-state index contributed by atoms with van der Waals surface area (Å²) in [5.74, 6) is 2.93. The average Bonchev–Trinajstić information content (AvgIpc) is 3.72. The SMILES string of the molecule is COC(=O)c1ccc(-c2c3ccc(cc4nc(cc5nc(cc6[nH]c2cc6C#CSI)CC5(C)C)C=C4)[nH]3)cc1. The molecule has 2 N–H and O–H groups in total. The Bertz CT molecular complexity index is 1910. The van der Waals surface area contributed by atoms with Crippen molar-refractivity contribution in [2.45, 2.75) is 25.7 Å². The number of hydrogen-bond donors (Lipinski definition) is 2. The van der Waals surface area contributed by atoms with Crippen LogP contribution < -0.4 is 0 Å². The summed E-state index contributed by atoms with van der Waals surface area (Å²) in [5, 5.41) is 3.14. The maximum atomic E-state index is 12.1. The zero-order valence-corrected chi connectivity index (χ0v) is 25.1. The van der Waals surface area contributed by atoms with Gasteiger partial charge in [-0.1, -0.05) is 31.9 Å². The fourth-order valence-corrected chi connectivity index (χ4v) is 5.59. The largest absolute Gasteiger partial charge is 0.465 e. The molecule has 6 rings (SSSR count). The first-order valence-corrected chi connectivity index (χ1v) is 16.1. The summed E-state index contributed by atoms with van der Waals surface area (Å²) < 4.78 is 4.90. The van der Waals surface area contributed by atoms with Crippen LogP contribution in [0.3, 0.4) is 0 Å². The molecule has 4 aromatic rings. The first-order valence-electron chi connectivity index (χ1n) is 12.7.